The maximum atomic E-state index is 12.3. The van der Waals surface area contributed by atoms with Crippen LogP contribution in [0.25, 0.3) is 11.0 Å². The summed E-state index contributed by atoms with van der Waals surface area (Å²) in [4.78, 5) is 12.4. The molecule has 2 fully saturated rings. The summed E-state index contributed by atoms with van der Waals surface area (Å²) in [7, 11) is -3.53. The summed E-state index contributed by atoms with van der Waals surface area (Å²) >= 11 is 0. The molecule has 7 nitrogen and oxygen atoms in total. The van der Waals surface area contributed by atoms with Crippen molar-refractivity contribution in [2.24, 2.45) is 0 Å². The van der Waals surface area contributed by atoms with Crippen molar-refractivity contribution >= 4 is 26.9 Å². The van der Waals surface area contributed by atoms with E-state index in [0.29, 0.717) is 17.5 Å². The summed E-state index contributed by atoms with van der Waals surface area (Å²) in [5.41, 5.74) is 0.479. The van der Waals surface area contributed by atoms with E-state index in [0.717, 1.165) is 32.3 Å². The van der Waals surface area contributed by atoms with Gasteiger partial charge in [-0.15, -0.1) is 0 Å². The van der Waals surface area contributed by atoms with E-state index in [4.69, 9.17) is 9.15 Å². The van der Waals surface area contributed by atoms with Gasteiger partial charge >= 0.3 is 0 Å². The Bertz CT molecular complexity index is 895. The highest BCUT2D eigenvalue weighted by Crippen LogP contribution is 2.26. The molecule has 0 bridgehead atoms. The first-order chi connectivity index (χ1) is 12.0. The van der Waals surface area contributed by atoms with Gasteiger partial charge < -0.3 is 14.5 Å². The summed E-state index contributed by atoms with van der Waals surface area (Å²) < 4.78 is 38.2. The van der Waals surface area contributed by atoms with Crippen molar-refractivity contribution in [1.82, 2.24) is 10.0 Å². The SMILES string of the molecule is O=C(NCC1CCCO1)c1cc2cc(S(=O)(=O)NC3CC3)ccc2o1. The maximum absolute atomic E-state index is 12.3. The Balaban J connectivity index is 1.50. The normalized spacial score (nSPS) is 20.9. The zero-order valence-electron chi connectivity index (χ0n) is 13.7. The second kappa shape index (κ2) is 6.44. The minimum atomic E-state index is -3.53. The number of hydrogen-bond donors (Lipinski definition) is 2. The van der Waals surface area contributed by atoms with Crippen LogP contribution in [0.3, 0.4) is 0 Å². The summed E-state index contributed by atoms with van der Waals surface area (Å²) in [5, 5.41) is 3.38. The molecule has 2 N–H and O–H groups in total. The number of carbonyl (C=O) groups is 1. The zero-order chi connectivity index (χ0) is 17.4. The first kappa shape index (κ1) is 16.6. The Morgan fingerprint density at radius 3 is 2.76 bits per heavy atom. The fourth-order valence-corrected chi connectivity index (χ4v) is 4.23. The van der Waals surface area contributed by atoms with Crippen molar-refractivity contribution in [3.05, 3.63) is 30.0 Å². The number of sulfonamides is 1. The highest BCUT2D eigenvalue weighted by molar-refractivity contribution is 7.89. The predicted octanol–water partition coefficient (Wildman–Crippen LogP) is 1.78. The van der Waals surface area contributed by atoms with Crippen molar-refractivity contribution in [3.8, 4) is 0 Å². The number of hydrogen-bond acceptors (Lipinski definition) is 5. The van der Waals surface area contributed by atoms with Crippen LogP contribution in [0.15, 0.2) is 33.6 Å². The van der Waals surface area contributed by atoms with Crippen LogP contribution in [0.1, 0.15) is 36.2 Å². The van der Waals surface area contributed by atoms with Gasteiger partial charge in [-0.25, -0.2) is 13.1 Å². The van der Waals surface area contributed by atoms with Gasteiger partial charge in [0.25, 0.3) is 5.91 Å². The van der Waals surface area contributed by atoms with E-state index in [1.54, 1.807) is 12.1 Å². The molecule has 1 aliphatic heterocycles. The standard InChI is InChI=1S/C17H20N2O5S/c20-17(18-10-13-2-1-7-23-13)16-9-11-8-14(5-6-15(11)24-16)25(21,22)19-12-3-4-12/h5-6,8-9,12-13,19H,1-4,7,10H2,(H,18,20). The van der Waals surface area contributed by atoms with Crippen LogP contribution in [0.2, 0.25) is 0 Å². The average molecular weight is 364 g/mol. The van der Waals surface area contributed by atoms with Crippen molar-refractivity contribution in [2.75, 3.05) is 13.2 Å². The smallest absolute Gasteiger partial charge is 0.287 e. The monoisotopic (exact) mass is 364 g/mol. The molecule has 1 aliphatic carbocycles. The minimum absolute atomic E-state index is 0.0455. The zero-order valence-corrected chi connectivity index (χ0v) is 14.5. The molecule has 134 valence electrons. The van der Waals surface area contributed by atoms with Gasteiger partial charge in [-0.05, 0) is 49.9 Å². The lowest BCUT2D eigenvalue weighted by Gasteiger charge is -2.09. The maximum Gasteiger partial charge on any atom is 0.287 e. The molecule has 1 saturated carbocycles. The van der Waals surface area contributed by atoms with E-state index < -0.39 is 10.0 Å². The van der Waals surface area contributed by atoms with E-state index in [1.807, 2.05) is 0 Å². The molecule has 2 aromatic rings. The predicted molar refractivity (Wildman–Crippen MR) is 90.9 cm³/mol. The fraction of sp³-hybridized carbons (Fsp3) is 0.471. The van der Waals surface area contributed by atoms with Crippen molar-refractivity contribution in [2.45, 2.75) is 42.7 Å². The lowest BCUT2D eigenvalue weighted by atomic mass is 10.2. The van der Waals surface area contributed by atoms with Crippen LogP contribution in [0, 0.1) is 0 Å². The first-order valence-corrected chi connectivity index (χ1v) is 9.95. The van der Waals surface area contributed by atoms with Gasteiger partial charge in [-0.2, -0.15) is 0 Å². The number of carbonyl (C=O) groups excluding carboxylic acids is 1. The Kier molecular flexibility index (Phi) is 4.26. The van der Waals surface area contributed by atoms with Gasteiger partial charge in [0.15, 0.2) is 5.76 Å². The number of furan rings is 1. The average Bonchev–Trinajstić information content (AvgIpc) is 3.10. The molecule has 0 radical (unpaired) electrons. The molecule has 1 amide bonds. The van der Waals surface area contributed by atoms with Gasteiger partial charge in [0.1, 0.15) is 5.58 Å². The molecular weight excluding hydrogens is 344 g/mol. The Morgan fingerprint density at radius 2 is 2.04 bits per heavy atom. The minimum Gasteiger partial charge on any atom is -0.451 e. The second-order valence-electron chi connectivity index (χ2n) is 6.55. The molecule has 0 spiro atoms. The van der Waals surface area contributed by atoms with Crippen molar-refractivity contribution < 1.29 is 22.4 Å². The largest absolute Gasteiger partial charge is 0.451 e. The molecule has 1 saturated heterocycles. The van der Waals surface area contributed by atoms with Crippen LogP contribution < -0.4 is 10.0 Å². The fourth-order valence-electron chi connectivity index (χ4n) is 2.89. The summed E-state index contributed by atoms with van der Waals surface area (Å²) in [6, 6.07) is 6.21. The number of benzene rings is 1. The van der Waals surface area contributed by atoms with E-state index in [9.17, 15) is 13.2 Å². The van der Waals surface area contributed by atoms with Crippen LogP contribution in [0.5, 0.6) is 0 Å². The number of amides is 1. The third-order valence-corrected chi connectivity index (χ3v) is 5.95. The van der Waals surface area contributed by atoms with Gasteiger partial charge in [-0.1, -0.05) is 0 Å². The highest BCUT2D eigenvalue weighted by Gasteiger charge is 2.28. The van der Waals surface area contributed by atoms with E-state index >= 15 is 0 Å². The molecule has 1 aromatic heterocycles. The molecule has 8 heteroatoms. The van der Waals surface area contributed by atoms with Gasteiger partial charge in [0.2, 0.25) is 10.0 Å². The Hall–Kier alpha value is -1.90. The molecule has 1 aromatic carbocycles. The Labute approximate surface area is 145 Å². The summed E-state index contributed by atoms with van der Waals surface area (Å²) in [6.07, 6.45) is 3.76. The number of fused-ring (bicyclic) bond motifs is 1. The molecule has 25 heavy (non-hydrogen) atoms. The molecule has 1 atom stereocenters. The van der Waals surface area contributed by atoms with Crippen molar-refractivity contribution in [1.29, 1.82) is 0 Å². The van der Waals surface area contributed by atoms with Crippen LogP contribution in [-0.4, -0.2) is 39.6 Å². The van der Waals surface area contributed by atoms with Gasteiger partial charge in [0.05, 0.1) is 11.0 Å². The molecule has 2 heterocycles. The number of rotatable bonds is 6. The summed E-state index contributed by atoms with van der Waals surface area (Å²) in [5.74, 6) is -0.162. The third kappa shape index (κ3) is 3.70. The third-order valence-electron chi connectivity index (χ3n) is 4.44. The van der Waals surface area contributed by atoms with Crippen molar-refractivity contribution in [3.63, 3.8) is 0 Å². The molecule has 2 aliphatic rings. The van der Waals surface area contributed by atoms with Crippen LogP contribution in [0.4, 0.5) is 0 Å². The van der Waals surface area contributed by atoms with E-state index in [-0.39, 0.29) is 28.7 Å². The van der Waals surface area contributed by atoms with Crippen LogP contribution >= 0.6 is 0 Å². The van der Waals surface area contributed by atoms with E-state index in [2.05, 4.69) is 10.0 Å². The number of ether oxygens (including phenoxy) is 1. The lowest BCUT2D eigenvalue weighted by Crippen LogP contribution is -2.31. The van der Waals surface area contributed by atoms with Gasteiger partial charge in [0, 0.05) is 24.6 Å². The summed E-state index contributed by atoms with van der Waals surface area (Å²) in [6.45, 7) is 1.18. The molecular formula is C17H20N2O5S. The van der Waals surface area contributed by atoms with E-state index in [1.165, 1.54) is 12.1 Å². The quantitative estimate of drug-likeness (QED) is 0.814. The highest BCUT2D eigenvalue weighted by atomic mass is 32.2. The lowest BCUT2D eigenvalue weighted by molar-refractivity contribution is 0.0837. The Morgan fingerprint density at radius 1 is 1.20 bits per heavy atom. The first-order valence-electron chi connectivity index (χ1n) is 8.47. The topological polar surface area (TPSA) is 97.6 Å². The van der Waals surface area contributed by atoms with Crippen LogP contribution in [-0.2, 0) is 14.8 Å². The molecule has 4 rings (SSSR count). The second-order valence-corrected chi connectivity index (χ2v) is 8.26. The van der Waals surface area contributed by atoms with Gasteiger partial charge in [-0.3, -0.25) is 4.79 Å². The number of nitrogens with one attached hydrogen (secondary N) is 2. The molecule has 1 unspecified atom stereocenters.